The second-order valence-corrected chi connectivity index (χ2v) is 2.37. The summed E-state index contributed by atoms with van der Waals surface area (Å²) in [6.45, 7) is 8.05. The molecule has 0 saturated carbocycles. The maximum atomic E-state index is 6.52. The number of hydrogen-bond donors (Lipinski definition) is 1. The summed E-state index contributed by atoms with van der Waals surface area (Å²) in [5, 5.41) is 3.60. The lowest BCUT2D eigenvalue weighted by atomic mass is 10.1. The van der Waals surface area contributed by atoms with Crippen molar-refractivity contribution in [1.82, 2.24) is 0 Å². The number of benzene rings is 1. The molecule has 13 heavy (non-hydrogen) atoms. The van der Waals surface area contributed by atoms with Crippen molar-refractivity contribution in [3.63, 3.8) is 0 Å². The summed E-state index contributed by atoms with van der Waals surface area (Å²) in [6, 6.07) is 5.73. The van der Waals surface area contributed by atoms with Gasteiger partial charge in [0.15, 0.2) is 0 Å². The highest BCUT2D eigenvalue weighted by Gasteiger charge is 1.92. The first-order valence-electron chi connectivity index (χ1n) is 4.61. The van der Waals surface area contributed by atoms with Gasteiger partial charge in [-0.25, -0.2) is 5.52 Å². The summed E-state index contributed by atoms with van der Waals surface area (Å²) in [5.74, 6) is 0. The standard InChI is InChI=1S/C8H10N2.C2H6.CH4/c1-6-3-4-8(10-9)5-7(6)2;1-2;/h3-5,9H,1-2H3;1-2H3;1H4/i/hD. The smallest absolute Gasteiger partial charge is 0.204 e. The molecule has 0 aliphatic rings. The van der Waals surface area contributed by atoms with Gasteiger partial charge in [-0.1, -0.05) is 27.3 Å². The number of aryl methyl sites for hydroxylation is 2. The lowest BCUT2D eigenvalue weighted by Gasteiger charge is -1.97. The first-order valence-corrected chi connectivity index (χ1v) is 4.16. The van der Waals surface area contributed by atoms with Crippen LogP contribution in [0.4, 0.5) is 5.69 Å². The molecular formula is C11H20N2. The van der Waals surface area contributed by atoms with Crippen molar-refractivity contribution in [1.29, 1.82) is 5.52 Å². The summed E-state index contributed by atoms with van der Waals surface area (Å²) < 4.78 is 6.52. The molecule has 0 aliphatic heterocycles. The summed E-state index contributed by atoms with van der Waals surface area (Å²) in [5.41, 5.74) is 6.10. The predicted octanol–water partition coefficient (Wildman–Crippen LogP) is 4.63. The van der Waals surface area contributed by atoms with Crippen molar-refractivity contribution in [3.05, 3.63) is 29.3 Å². The van der Waals surface area contributed by atoms with Crippen molar-refractivity contribution < 1.29 is 1.41 Å². The van der Waals surface area contributed by atoms with Crippen LogP contribution >= 0.6 is 0 Å². The van der Waals surface area contributed by atoms with Gasteiger partial charge < -0.3 is 0 Å². The Bertz CT molecular complexity index is 283. The number of nitrogens with one attached hydrogen (secondary N) is 1. The molecule has 1 aromatic carbocycles. The van der Waals surface area contributed by atoms with E-state index in [0.29, 0.717) is 0 Å². The molecule has 0 saturated heterocycles. The van der Waals surface area contributed by atoms with Gasteiger partial charge in [0.1, 0.15) is 0 Å². The third-order valence-electron chi connectivity index (χ3n) is 1.61. The fraction of sp³-hybridized carbons (Fsp3) is 0.455. The molecule has 2 nitrogen and oxygen atoms in total. The van der Waals surface area contributed by atoms with E-state index in [4.69, 9.17) is 1.41 Å². The van der Waals surface area contributed by atoms with Crippen LogP contribution in [0, 0.1) is 19.4 Å². The van der Waals surface area contributed by atoms with E-state index in [0.717, 1.165) is 5.69 Å². The van der Waals surface area contributed by atoms with E-state index in [9.17, 15) is 0 Å². The van der Waals surface area contributed by atoms with E-state index >= 15 is 0 Å². The van der Waals surface area contributed by atoms with Gasteiger partial charge in [-0.2, -0.15) is 5.11 Å². The van der Waals surface area contributed by atoms with Crippen LogP contribution in [-0.2, 0) is 0 Å². The van der Waals surface area contributed by atoms with E-state index < -0.39 is 0 Å². The molecular weight excluding hydrogens is 160 g/mol. The summed E-state index contributed by atoms with van der Waals surface area (Å²) in [4.78, 5) is 0. The highest BCUT2D eigenvalue weighted by Crippen LogP contribution is 2.15. The second kappa shape index (κ2) is 7.47. The molecule has 74 valence electrons. The highest BCUT2D eigenvalue weighted by atomic mass is 15.0. The van der Waals surface area contributed by atoms with Gasteiger partial charge in [0.2, 0.25) is 1.41 Å². The van der Waals surface area contributed by atoms with E-state index in [-0.39, 0.29) is 7.43 Å². The molecule has 0 amide bonds. The van der Waals surface area contributed by atoms with Gasteiger partial charge in [-0.05, 0) is 37.1 Å². The van der Waals surface area contributed by atoms with Gasteiger partial charge in [0.05, 0.1) is 5.69 Å². The van der Waals surface area contributed by atoms with Gasteiger partial charge in [0, 0.05) is 0 Å². The number of rotatable bonds is 1. The van der Waals surface area contributed by atoms with Crippen molar-refractivity contribution in [3.8, 4) is 0 Å². The van der Waals surface area contributed by atoms with E-state index in [2.05, 4.69) is 10.6 Å². The molecule has 0 unspecified atom stereocenters. The maximum Gasteiger partial charge on any atom is 0.214 e. The Labute approximate surface area is 83.0 Å². The van der Waals surface area contributed by atoms with Crippen LogP contribution in [0.1, 0.15) is 32.4 Å². The van der Waals surface area contributed by atoms with Gasteiger partial charge >= 0.3 is 0 Å². The fourth-order valence-electron chi connectivity index (χ4n) is 0.788. The summed E-state index contributed by atoms with van der Waals surface area (Å²) in [7, 11) is 0. The maximum absolute atomic E-state index is 6.52. The van der Waals surface area contributed by atoms with Gasteiger partial charge in [0.25, 0.3) is 0 Å². The van der Waals surface area contributed by atoms with E-state index in [1.165, 1.54) is 11.1 Å². The molecule has 0 heterocycles. The van der Waals surface area contributed by atoms with Gasteiger partial charge in [-0.15, -0.1) is 0 Å². The number of nitrogens with zero attached hydrogens (tertiary/aromatic N) is 1. The number of hydrogen-bond acceptors (Lipinski definition) is 2. The zero-order valence-corrected chi connectivity index (χ0v) is 8.13. The van der Waals surface area contributed by atoms with Crippen LogP contribution in [-0.4, -0.2) is 0 Å². The highest BCUT2D eigenvalue weighted by molar-refractivity contribution is 5.42. The summed E-state index contributed by atoms with van der Waals surface area (Å²) in [6.07, 6.45) is 0. The minimum Gasteiger partial charge on any atom is -0.204 e. The Morgan fingerprint density at radius 3 is 2.31 bits per heavy atom. The van der Waals surface area contributed by atoms with Crippen LogP contribution in [0.25, 0.3) is 0 Å². The zero-order chi connectivity index (χ0) is 10.3. The third kappa shape index (κ3) is 4.41. The van der Waals surface area contributed by atoms with Gasteiger partial charge in [-0.3, -0.25) is 0 Å². The van der Waals surface area contributed by atoms with Crippen LogP contribution in [0.15, 0.2) is 23.3 Å². The van der Waals surface area contributed by atoms with E-state index in [1.54, 1.807) is 0 Å². The molecule has 1 rings (SSSR count). The SMILES string of the molecule is C.CC.[2H]N=Nc1ccc(C)c(C)c1. The fourth-order valence-corrected chi connectivity index (χ4v) is 0.788. The molecule has 0 bridgehead atoms. The van der Waals surface area contributed by atoms with Crippen molar-refractivity contribution in [2.24, 2.45) is 5.11 Å². The molecule has 2 heteroatoms. The third-order valence-corrected chi connectivity index (χ3v) is 1.61. The lowest BCUT2D eigenvalue weighted by molar-refractivity contribution is 1.14. The van der Waals surface area contributed by atoms with Crippen LogP contribution < -0.4 is 0 Å². The Balaban J connectivity index is 0. The first-order chi connectivity index (χ1) is 6.24. The van der Waals surface area contributed by atoms with Crippen LogP contribution in [0.5, 0.6) is 0 Å². The zero-order valence-electron chi connectivity index (χ0n) is 9.13. The lowest BCUT2D eigenvalue weighted by Crippen LogP contribution is -1.76. The Kier molecular flexibility index (Phi) is 6.79. The molecule has 1 N–H and O–H groups in total. The topological polar surface area (TPSA) is 36.2 Å². The Morgan fingerprint density at radius 2 is 1.85 bits per heavy atom. The molecule has 0 radical (unpaired) electrons. The average Bonchev–Trinajstić information content (AvgIpc) is 2.15. The average molecular weight is 181 g/mol. The molecule has 0 atom stereocenters. The molecule has 0 spiro atoms. The Hall–Kier alpha value is -1.18. The predicted molar refractivity (Wildman–Crippen MR) is 58.8 cm³/mol. The minimum absolute atomic E-state index is 0. The summed E-state index contributed by atoms with van der Waals surface area (Å²) >= 11 is 0. The molecule has 0 fully saturated rings. The Morgan fingerprint density at radius 1 is 1.23 bits per heavy atom. The molecule has 1 aromatic rings. The largest absolute Gasteiger partial charge is 0.214 e. The van der Waals surface area contributed by atoms with E-state index in [1.807, 2.05) is 45.9 Å². The van der Waals surface area contributed by atoms with Crippen LogP contribution in [0.3, 0.4) is 0 Å². The van der Waals surface area contributed by atoms with Crippen molar-refractivity contribution in [2.45, 2.75) is 35.1 Å². The first kappa shape index (κ1) is 11.8. The van der Waals surface area contributed by atoms with Crippen LogP contribution in [0.2, 0.25) is 1.41 Å². The second-order valence-electron chi connectivity index (χ2n) is 2.37. The van der Waals surface area contributed by atoms with Crippen molar-refractivity contribution in [2.75, 3.05) is 0 Å². The molecule has 0 aliphatic carbocycles. The minimum atomic E-state index is 0. The normalized spacial score (nSPS) is 9.69. The quantitative estimate of drug-likeness (QED) is 0.613. The van der Waals surface area contributed by atoms with Crippen molar-refractivity contribution >= 4 is 5.69 Å². The molecule has 0 aromatic heterocycles. The monoisotopic (exact) mass is 181 g/mol.